The Morgan fingerprint density at radius 3 is 2.95 bits per heavy atom. The average Bonchev–Trinajstić information content (AvgIpc) is 2.52. The summed E-state index contributed by atoms with van der Waals surface area (Å²) in [5, 5.41) is 0. The molecule has 0 N–H and O–H groups in total. The summed E-state index contributed by atoms with van der Waals surface area (Å²) in [6, 6.07) is 12.0. The normalized spacial score (nSPS) is 13.0. The molecule has 2 aromatic rings. The van der Waals surface area contributed by atoms with Crippen LogP contribution < -0.4 is 9.64 Å². The van der Waals surface area contributed by atoms with Crippen LogP contribution in [-0.2, 0) is 0 Å². The Balaban J connectivity index is 1.91. The van der Waals surface area contributed by atoms with E-state index in [0.29, 0.717) is 0 Å². The van der Waals surface area contributed by atoms with E-state index in [1.54, 1.807) is 0 Å². The molecule has 0 amide bonds. The smallest absolute Gasteiger partial charge is 0.142 e. The number of likely N-dealkylation sites (N-methyl/N-ethyl adjacent to an activating group) is 1. The van der Waals surface area contributed by atoms with Gasteiger partial charge >= 0.3 is 0 Å². The van der Waals surface area contributed by atoms with Crippen molar-refractivity contribution in [2.24, 2.45) is 0 Å². The summed E-state index contributed by atoms with van der Waals surface area (Å²) in [4.78, 5) is 6.71. The van der Waals surface area contributed by atoms with Gasteiger partial charge in [-0.15, -0.1) is 0 Å². The van der Waals surface area contributed by atoms with Crippen LogP contribution in [0.1, 0.15) is 23.9 Å². The predicted octanol–water partition coefficient (Wildman–Crippen LogP) is 3.01. The van der Waals surface area contributed by atoms with Gasteiger partial charge in [-0.3, -0.25) is 0 Å². The Morgan fingerprint density at radius 2 is 2.14 bits per heavy atom. The molecule has 0 bridgehead atoms. The molecule has 1 aromatic carbocycles. The molecule has 1 aliphatic heterocycles. The molecule has 0 atom stereocenters. The predicted molar refractivity (Wildman–Crippen MR) is 84.8 cm³/mol. The van der Waals surface area contributed by atoms with Crippen molar-refractivity contribution in [3.63, 3.8) is 0 Å². The SMILES string of the molecule is CCN1CCOc2ccc(C#Cc3cccc(C)n3)cc21. The third-order valence-corrected chi connectivity index (χ3v) is 3.52. The highest BCUT2D eigenvalue weighted by atomic mass is 16.5. The van der Waals surface area contributed by atoms with Gasteiger partial charge < -0.3 is 9.64 Å². The number of hydrogen-bond donors (Lipinski definition) is 0. The highest BCUT2D eigenvalue weighted by molar-refractivity contribution is 5.63. The Bertz CT molecular complexity index is 713. The first-order chi connectivity index (χ1) is 10.3. The Labute approximate surface area is 125 Å². The number of aryl methyl sites for hydroxylation is 1. The van der Waals surface area contributed by atoms with Crippen LogP contribution in [0.25, 0.3) is 0 Å². The Morgan fingerprint density at radius 1 is 1.24 bits per heavy atom. The molecular formula is C18H18N2O. The van der Waals surface area contributed by atoms with E-state index >= 15 is 0 Å². The molecule has 3 nitrogen and oxygen atoms in total. The highest BCUT2D eigenvalue weighted by Gasteiger charge is 2.16. The Kier molecular flexibility index (Phi) is 3.79. The third kappa shape index (κ3) is 3.00. The van der Waals surface area contributed by atoms with E-state index < -0.39 is 0 Å². The summed E-state index contributed by atoms with van der Waals surface area (Å²) in [6.07, 6.45) is 0. The van der Waals surface area contributed by atoms with Crippen LogP contribution >= 0.6 is 0 Å². The minimum Gasteiger partial charge on any atom is -0.490 e. The second kappa shape index (κ2) is 5.88. The first kappa shape index (κ1) is 13.5. The summed E-state index contributed by atoms with van der Waals surface area (Å²) in [5.74, 6) is 7.26. The van der Waals surface area contributed by atoms with Crippen molar-refractivity contribution < 1.29 is 4.74 Å². The molecule has 2 heterocycles. The molecule has 0 aliphatic carbocycles. The molecule has 106 valence electrons. The number of aromatic nitrogens is 1. The zero-order valence-electron chi connectivity index (χ0n) is 12.4. The van der Waals surface area contributed by atoms with Crippen molar-refractivity contribution in [3.8, 4) is 17.6 Å². The van der Waals surface area contributed by atoms with Crippen LogP contribution in [0, 0.1) is 18.8 Å². The lowest BCUT2D eigenvalue weighted by molar-refractivity contribution is 0.308. The van der Waals surface area contributed by atoms with Crippen molar-refractivity contribution in [3.05, 3.63) is 53.3 Å². The van der Waals surface area contributed by atoms with Gasteiger partial charge in [-0.1, -0.05) is 12.0 Å². The van der Waals surface area contributed by atoms with E-state index in [1.807, 2.05) is 37.3 Å². The van der Waals surface area contributed by atoms with Gasteiger partial charge in [-0.2, -0.15) is 0 Å². The van der Waals surface area contributed by atoms with Crippen LogP contribution in [0.5, 0.6) is 5.75 Å². The first-order valence-corrected chi connectivity index (χ1v) is 7.24. The fraction of sp³-hybridized carbons (Fsp3) is 0.278. The van der Waals surface area contributed by atoms with E-state index in [-0.39, 0.29) is 0 Å². The van der Waals surface area contributed by atoms with E-state index in [1.165, 1.54) is 0 Å². The number of benzene rings is 1. The molecule has 0 fully saturated rings. The summed E-state index contributed by atoms with van der Waals surface area (Å²) in [5.41, 5.74) is 3.91. The fourth-order valence-electron chi connectivity index (χ4n) is 2.43. The van der Waals surface area contributed by atoms with Gasteiger partial charge in [0.15, 0.2) is 0 Å². The fourth-order valence-corrected chi connectivity index (χ4v) is 2.43. The van der Waals surface area contributed by atoms with Gasteiger partial charge in [-0.25, -0.2) is 4.98 Å². The summed E-state index contributed by atoms with van der Waals surface area (Å²) in [6.45, 7) is 6.79. The maximum absolute atomic E-state index is 5.69. The summed E-state index contributed by atoms with van der Waals surface area (Å²) in [7, 11) is 0. The minimum atomic E-state index is 0.749. The molecular weight excluding hydrogens is 260 g/mol. The number of ether oxygens (including phenoxy) is 1. The number of rotatable bonds is 1. The van der Waals surface area contributed by atoms with Crippen molar-refractivity contribution in [2.45, 2.75) is 13.8 Å². The summed E-state index contributed by atoms with van der Waals surface area (Å²) >= 11 is 0. The van der Waals surface area contributed by atoms with E-state index in [4.69, 9.17) is 4.74 Å². The van der Waals surface area contributed by atoms with Gasteiger partial charge in [0.05, 0.1) is 12.2 Å². The molecule has 1 aliphatic rings. The largest absolute Gasteiger partial charge is 0.490 e. The molecule has 3 rings (SSSR count). The second-order valence-corrected chi connectivity index (χ2v) is 5.02. The molecule has 3 heteroatoms. The molecule has 0 saturated carbocycles. The van der Waals surface area contributed by atoms with E-state index in [2.05, 4.69) is 34.7 Å². The number of pyridine rings is 1. The maximum atomic E-state index is 5.69. The van der Waals surface area contributed by atoms with Crippen LogP contribution in [0.3, 0.4) is 0 Å². The summed E-state index contributed by atoms with van der Waals surface area (Å²) < 4.78 is 5.69. The van der Waals surface area contributed by atoms with Crippen molar-refractivity contribution >= 4 is 5.69 Å². The van der Waals surface area contributed by atoms with Gasteiger partial charge in [0, 0.05) is 17.8 Å². The number of anilines is 1. The number of fused-ring (bicyclic) bond motifs is 1. The van der Waals surface area contributed by atoms with Crippen molar-refractivity contribution in [2.75, 3.05) is 24.6 Å². The number of nitrogens with zero attached hydrogens (tertiary/aromatic N) is 2. The molecule has 21 heavy (non-hydrogen) atoms. The van der Waals surface area contributed by atoms with Gasteiger partial charge in [-0.05, 0) is 50.1 Å². The van der Waals surface area contributed by atoms with Crippen molar-refractivity contribution in [1.82, 2.24) is 4.98 Å². The third-order valence-electron chi connectivity index (χ3n) is 3.52. The molecule has 0 radical (unpaired) electrons. The average molecular weight is 278 g/mol. The lowest BCUT2D eigenvalue weighted by atomic mass is 10.1. The van der Waals surface area contributed by atoms with Crippen LogP contribution in [0.2, 0.25) is 0 Å². The van der Waals surface area contributed by atoms with Crippen LogP contribution in [0.4, 0.5) is 5.69 Å². The quantitative estimate of drug-likeness (QED) is 0.750. The topological polar surface area (TPSA) is 25.4 Å². The molecule has 0 saturated heterocycles. The maximum Gasteiger partial charge on any atom is 0.142 e. The number of hydrogen-bond acceptors (Lipinski definition) is 3. The van der Waals surface area contributed by atoms with Crippen LogP contribution in [-0.4, -0.2) is 24.7 Å². The minimum absolute atomic E-state index is 0.749. The monoisotopic (exact) mass is 278 g/mol. The van der Waals surface area contributed by atoms with Gasteiger partial charge in [0.1, 0.15) is 18.1 Å². The lowest BCUT2D eigenvalue weighted by Gasteiger charge is -2.30. The first-order valence-electron chi connectivity index (χ1n) is 7.24. The lowest BCUT2D eigenvalue weighted by Crippen LogP contribution is -2.32. The van der Waals surface area contributed by atoms with E-state index in [0.717, 1.165) is 48.1 Å². The van der Waals surface area contributed by atoms with Crippen molar-refractivity contribution in [1.29, 1.82) is 0 Å². The Hall–Kier alpha value is -2.47. The van der Waals surface area contributed by atoms with Gasteiger partial charge in [0.2, 0.25) is 0 Å². The molecule has 1 aromatic heterocycles. The standard InChI is InChI=1S/C18H18N2O/c1-3-20-11-12-21-18-10-8-15(13-17(18)20)7-9-16-6-4-5-14(2)19-16/h4-6,8,10,13H,3,11-12H2,1-2H3. The highest BCUT2D eigenvalue weighted by Crippen LogP contribution is 2.31. The van der Waals surface area contributed by atoms with Crippen LogP contribution in [0.15, 0.2) is 36.4 Å². The zero-order chi connectivity index (χ0) is 14.7. The zero-order valence-corrected chi connectivity index (χ0v) is 12.4. The second-order valence-electron chi connectivity index (χ2n) is 5.02. The van der Waals surface area contributed by atoms with Gasteiger partial charge in [0.25, 0.3) is 0 Å². The molecule has 0 spiro atoms. The molecule has 0 unspecified atom stereocenters. The van der Waals surface area contributed by atoms with E-state index in [9.17, 15) is 0 Å².